The number of H-pyrrole nitrogens is 1. The summed E-state index contributed by atoms with van der Waals surface area (Å²) in [5, 5.41) is 22.0. The topological polar surface area (TPSA) is 145 Å². The quantitative estimate of drug-likeness (QED) is 0.375. The number of oxazole rings is 1. The molecule has 2 N–H and O–H groups in total. The number of aliphatic hydroxyl groups is 1. The van der Waals surface area contributed by atoms with E-state index in [0.717, 1.165) is 0 Å². The molecule has 10 heteroatoms. The number of carbonyl (C=O) groups excluding carboxylic acids is 2. The zero-order chi connectivity index (χ0) is 23.4. The van der Waals surface area contributed by atoms with Crippen molar-refractivity contribution in [3.8, 4) is 0 Å². The van der Waals surface area contributed by atoms with Gasteiger partial charge in [0, 0.05) is 0 Å². The van der Waals surface area contributed by atoms with Crippen molar-refractivity contribution in [2.24, 2.45) is 11.3 Å². The average molecular weight is 445 g/mol. The Morgan fingerprint density at radius 3 is 2.75 bits per heavy atom. The molecule has 32 heavy (non-hydrogen) atoms. The molecule has 1 amide bonds. The fourth-order valence-electron chi connectivity index (χ4n) is 4.12. The second kappa shape index (κ2) is 7.88. The van der Waals surface area contributed by atoms with E-state index in [9.17, 15) is 24.6 Å². The minimum atomic E-state index is -1.40. The van der Waals surface area contributed by atoms with Crippen molar-refractivity contribution in [3.05, 3.63) is 40.0 Å². The highest BCUT2D eigenvalue weighted by molar-refractivity contribution is 6.07. The summed E-state index contributed by atoms with van der Waals surface area (Å²) in [6.07, 6.45) is -1.94. The Morgan fingerprint density at radius 1 is 1.38 bits per heavy atom. The van der Waals surface area contributed by atoms with Crippen LogP contribution in [0.25, 0.3) is 16.7 Å². The Bertz CT molecular complexity index is 1150. The predicted octanol–water partition coefficient (Wildman–Crippen LogP) is 0.693. The summed E-state index contributed by atoms with van der Waals surface area (Å²) in [7, 11) is 0. The number of benzene rings is 1. The first-order valence-corrected chi connectivity index (χ1v) is 10.3. The van der Waals surface area contributed by atoms with Crippen molar-refractivity contribution >= 4 is 28.5 Å². The molecule has 0 saturated carbocycles. The lowest BCUT2D eigenvalue weighted by Crippen LogP contribution is -2.61. The number of β-lactam (4-membered cyclic amide) rings is 1. The number of esters is 1. The van der Waals surface area contributed by atoms with Gasteiger partial charge in [-0.15, -0.1) is 0 Å². The van der Waals surface area contributed by atoms with Gasteiger partial charge in [0.05, 0.1) is 23.6 Å². The van der Waals surface area contributed by atoms with E-state index in [-0.39, 0.29) is 17.6 Å². The predicted molar refractivity (Wildman–Crippen MR) is 109 cm³/mol. The van der Waals surface area contributed by atoms with E-state index in [1.165, 1.54) is 11.8 Å². The molecule has 1 fully saturated rings. The molecule has 3 heterocycles. The van der Waals surface area contributed by atoms with Crippen LogP contribution in [0.15, 0.2) is 33.1 Å². The summed E-state index contributed by atoms with van der Waals surface area (Å²) in [4.78, 5) is 41.0. The molecule has 10 nitrogen and oxygen atoms in total. The highest BCUT2D eigenvalue weighted by Gasteiger charge is 2.57. The highest BCUT2D eigenvalue weighted by Crippen LogP contribution is 2.47. The van der Waals surface area contributed by atoms with Crippen molar-refractivity contribution in [1.29, 1.82) is 0 Å². The number of hydrogen-bond acceptors (Lipinski definition) is 8. The van der Waals surface area contributed by atoms with Gasteiger partial charge in [-0.05, 0) is 48.3 Å². The van der Waals surface area contributed by atoms with Crippen LogP contribution in [0.2, 0.25) is 0 Å². The molecule has 1 aromatic heterocycles. The van der Waals surface area contributed by atoms with Crippen LogP contribution in [0.4, 0.5) is 0 Å². The molecule has 0 spiro atoms. The zero-order valence-electron chi connectivity index (χ0n) is 18.2. The van der Waals surface area contributed by atoms with Gasteiger partial charge < -0.3 is 29.0 Å². The maximum absolute atomic E-state index is 12.9. The van der Waals surface area contributed by atoms with Gasteiger partial charge in [-0.2, -0.15) is 0 Å². The number of carbonyl (C=O) groups is 2. The molecule has 1 unspecified atom stereocenters. The summed E-state index contributed by atoms with van der Waals surface area (Å²) in [6.45, 7) is 6.11. The summed E-state index contributed by atoms with van der Waals surface area (Å²) in [5.41, 5.74) is 1.32. The highest BCUT2D eigenvalue weighted by atomic mass is 16.7. The molecule has 4 atom stereocenters. The SMILES string of the molecule is C[C@@H](O)[C@H]1C(=O)N2C(C(=O)OCOC([O-])C(C)(C)C)=C(c3ccc4oc(=O)[nH]c4c3)C[C@H]12. The third-order valence-electron chi connectivity index (χ3n) is 5.81. The first-order valence-electron chi connectivity index (χ1n) is 10.3. The van der Waals surface area contributed by atoms with Crippen LogP contribution in [0.5, 0.6) is 0 Å². The van der Waals surface area contributed by atoms with E-state index in [2.05, 4.69) is 4.98 Å². The Balaban J connectivity index is 1.64. The summed E-state index contributed by atoms with van der Waals surface area (Å²) in [6, 6.07) is 4.54. The maximum Gasteiger partial charge on any atom is 0.417 e. The molecule has 172 valence electrons. The van der Waals surface area contributed by atoms with E-state index in [1.807, 2.05) is 0 Å². The average Bonchev–Trinajstić information content (AvgIpc) is 3.23. The lowest BCUT2D eigenvalue weighted by molar-refractivity contribution is -0.520. The molecule has 0 radical (unpaired) electrons. The molecule has 2 aliphatic heterocycles. The number of amides is 1. The van der Waals surface area contributed by atoms with Crippen molar-refractivity contribution in [1.82, 2.24) is 9.88 Å². The van der Waals surface area contributed by atoms with Crippen LogP contribution in [0.3, 0.4) is 0 Å². The largest absolute Gasteiger partial charge is 0.831 e. The maximum atomic E-state index is 12.9. The van der Waals surface area contributed by atoms with Crippen LogP contribution < -0.4 is 10.9 Å². The molecular weight excluding hydrogens is 420 g/mol. The number of aromatic amines is 1. The number of rotatable bonds is 6. The van der Waals surface area contributed by atoms with Crippen LogP contribution >= 0.6 is 0 Å². The van der Waals surface area contributed by atoms with Crippen molar-refractivity contribution in [2.45, 2.75) is 52.6 Å². The van der Waals surface area contributed by atoms with E-state index >= 15 is 0 Å². The third-order valence-corrected chi connectivity index (χ3v) is 5.81. The zero-order valence-corrected chi connectivity index (χ0v) is 18.2. The van der Waals surface area contributed by atoms with Gasteiger partial charge in [-0.1, -0.05) is 26.8 Å². The number of nitrogens with one attached hydrogen (secondary N) is 1. The first kappa shape index (κ1) is 22.3. The summed E-state index contributed by atoms with van der Waals surface area (Å²) >= 11 is 0. The van der Waals surface area contributed by atoms with Crippen molar-refractivity contribution in [3.63, 3.8) is 0 Å². The Hall–Kier alpha value is -2.95. The van der Waals surface area contributed by atoms with E-state index in [1.54, 1.807) is 39.0 Å². The molecule has 0 aliphatic carbocycles. The van der Waals surface area contributed by atoms with Crippen LogP contribution in [-0.4, -0.2) is 52.1 Å². The molecule has 2 aromatic rings. The monoisotopic (exact) mass is 445 g/mol. The van der Waals surface area contributed by atoms with Gasteiger partial charge in [-0.3, -0.25) is 9.78 Å². The Kier molecular flexibility index (Phi) is 5.48. The number of aromatic nitrogens is 1. The van der Waals surface area contributed by atoms with Crippen LogP contribution in [0.1, 0.15) is 39.7 Å². The molecule has 4 rings (SSSR count). The van der Waals surface area contributed by atoms with Gasteiger partial charge in [0.2, 0.25) is 5.91 Å². The van der Waals surface area contributed by atoms with Crippen LogP contribution in [0, 0.1) is 11.3 Å². The number of hydrogen-bond donors (Lipinski definition) is 2. The van der Waals surface area contributed by atoms with Gasteiger partial charge in [0.25, 0.3) is 0 Å². The lowest BCUT2D eigenvalue weighted by atomic mass is 9.82. The number of fused-ring (bicyclic) bond motifs is 2. The fourth-order valence-corrected chi connectivity index (χ4v) is 4.12. The number of ether oxygens (including phenoxy) is 2. The first-order chi connectivity index (χ1) is 15.0. The van der Waals surface area contributed by atoms with Crippen molar-refractivity contribution in [2.75, 3.05) is 6.79 Å². The molecule has 2 aliphatic rings. The van der Waals surface area contributed by atoms with E-state index in [4.69, 9.17) is 13.9 Å². The standard InChI is InChI=1S/C22H25N2O8/c1-10(25)16-14-8-12(11-5-6-15-13(7-11)23-21(29)32-15)17(24(14)18(16)26)19(27)30-9-31-20(28)22(2,3)4/h5-7,10,14,16,20,25H,8-9H2,1-4H3,(H,23,29)/q-1/t10-,14-,16-,20?/m1/s1. The number of nitrogens with zero attached hydrogens (tertiary/aromatic N) is 1. The van der Waals surface area contributed by atoms with Crippen LogP contribution in [-0.2, 0) is 19.1 Å². The Morgan fingerprint density at radius 2 is 2.09 bits per heavy atom. The normalized spacial score (nSPS) is 22.7. The third kappa shape index (κ3) is 3.74. The van der Waals surface area contributed by atoms with E-state index in [0.29, 0.717) is 28.7 Å². The Labute approximate surface area is 183 Å². The van der Waals surface area contributed by atoms with Gasteiger partial charge in [0.1, 0.15) is 5.70 Å². The second-order valence-corrected chi connectivity index (χ2v) is 9.21. The lowest BCUT2D eigenvalue weighted by Gasteiger charge is -2.44. The summed E-state index contributed by atoms with van der Waals surface area (Å²) in [5.74, 6) is -2.41. The smallest absolute Gasteiger partial charge is 0.417 e. The molecule has 1 saturated heterocycles. The van der Waals surface area contributed by atoms with Gasteiger partial charge in [0.15, 0.2) is 12.4 Å². The minimum Gasteiger partial charge on any atom is -0.831 e. The van der Waals surface area contributed by atoms with Gasteiger partial charge >= 0.3 is 11.7 Å². The van der Waals surface area contributed by atoms with Gasteiger partial charge in [-0.25, -0.2) is 9.59 Å². The summed E-state index contributed by atoms with van der Waals surface area (Å²) < 4.78 is 15.3. The molecule has 0 bridgehead atoms. The number of aliphatic hydroxyl groups excluding tert-OH is 1. The van der Waals surface area contributed by atoms with E-state index < -0.39 is 42.2 Å². The van der Waals surface area contributed by atoms with Crippen molar-refractivity contribution < 1.29 is 33.7 Å². The fraction of sp³-hybridized carbons (Fsp3) is 0.500. The minimum absolute atomic E-state index is 0.0453. The molecule has 1 aromatic carbocycles. The molecular formula is C22H25N2O8-. The second-order valence-electron chi connectivity index (χ2n) is 9.21.